The smallest absolute Gasteiger partial charge is 0.236 e. The molecular formula is C10H18N2O2. The van der Waals surface area contributed by atoms with E-state index < -0.39 is 0 Å². The first-order valence-electron chi connectivity index (χ1n) is 5.45. The van der Waals surface area contributed by atoms with Gasteiger partial charge < -0.3 is 15.3 Å². The molecule has 2 N–H and O–H groups in total. The Morgan fingerprint density at radius 3 is 2.86 bits per heavy atom. The summed E-state index contributed by atoms with van der Waals surface area (Å²) in [7, 11) is 0. The fraction of sp³-hybridized carbons (Fsp3) is 0.900. The molecule has 1 amide bonds. The summed E-state index contributed by atoms with van der Waals surface area (Å²) >= 11 is 0. The molecule has 80 valence electrons. The van der Waals surface area contributed by atoms with Crippen LogP contribution in [-0.2, 0) is 4.79 Å². The Kier molecular flexibility index (Phi) is 3.03. The number of hydrogen-bond acceptors (Lipinski definition) is 3. The summed E-state index contributed by atoms with van der Waals surface area (Å²) in [6, 6.07) is 0.651. The zero-order valence-corrected chi connectivity index (χ0v) is 8.41. The van der Waals surface area contributed by atoms with Crippen LogP contribution in [0.15, 0.2) is 0 Å². The van der Waals surface area contributed by atoms with E-state index in [0.717, 1.165) is 19.4 Å². The molecule has 0 radical (unpaired) electrons. The average Bonchev–Trinajstić information content (AvgIpc) is 2.90. The largest absolute Gasteiger partial charge is 0.394 e. The summed E-state index contributed by atoms with van der Waals surface area (Å²) in [5.41, 5.74) is 0. The van der Waals surface area contributed by atoms with E-state index in [1.807, 2.05) is 4.90 Å². The van der Waals surface area contributed by atoms with Crippen LogP contribution in [0, 0.1) is 0 Å². The first kappa shape index (κ1) is 9.93. The summed E-state index contributed by atoms with van der Waals surface area (Å²) in [6.45, 7) is 1.37. The van der Waals surface area contributed by atoms with Gasteiger partial charge in [0.05, 0.1) is 19.2 Å². The van der Waals surface area contributed by atoms with Crippen LogP contribution >= 0.6 is 0 Å². The van der Waals surface area contributed by atoms with Crippen molar-refractivity contribution in [1.29, 1.82) is 0 Å². The molecule has 0 aromatic heterocycles. The lowest BCUT2D eigenvalue weighted by molar-refractivity contribution is -0.131. The number of rotatable bonds is 4. The highest BCUT2D eigenvalue weighted by molar-refractivity contribution is 5.79. The highest BCUT2D eigenvalue weighted by atomic mass is 16.3. The standard InChI is InChI=1S/C10H18N2O2/c13-7-9-2-1-5-12(9)10(14)6-11-8-3-4-8/h8-9,11,13H,1-7H2/t9-/m0/s1. The molecule has 1 atom stereocenters. The van der Waals surface area contributed by atoms with Crippen molar-refractivity contribution in [2.75, 3.05) is 19.7 Å². The molecular weight excluding hydrogens is 180 g/mol. The summed E-state index contributed by atoms with van der Waals surface area (Å²) in [5.74, 6) is 0.147. The molecule has 1 heterocycles. The summed E-state index contributed by atoms with van der Waals surface area (Å²) < 4.78 is 0. The zero-order chi connectivity index (χ0) is 9.97. The molecule has 0 unspecified atom stereocenters. The van der Waals surface area contributed by atoms with Gasteiger partial charge in [0.1, 0.15) is 0 Å². The Bertz CT molecular complexity index is 216. The van der Waals surface area contributed by atoms with Gasteiger partial charge >= 0.3 is 0 Å². The highest BCUT2D eigenvalue weighted by Crippen LogP contribution is 2.19. The number of aliphatic hydroxyl groups is 1. The van der Waals surface area contributed by atoms with E-state index in [0.29, 0.717) is 12.6 Å². The van der Waals surface area contributed by atoms with Gasteiger partial charge in [0, 0.05) is 12.6 Å². The predicted octanol–water partition coefficient (Wildman–Crippen LogP) is -0.278. The second-order valence-corrected chi connectivity index (χ2v) is 4.22. The van der Waals surface area contributed by atoms with Crippen molar-refractivity contribution in [3.8, 4) is 0 Å². The topological polar surface area (TPSA) is 52.6 Å². The van der Waals surface area contributed by atoms with Crippen LogP contribution in [-0.4, -0.2) is 47.7 Å². The monoisotopic (exact) mass is 198 g/mol. The first-order valence-corrected chi connectivity index (χ1v) is 5.45. The van der Waals surface area contributed by atoms with Gasteiger partial charge in [0.25, 0.3) is 0 Å². The van der Waals surface area contributed by atoms with E-state index in [1.165, 1.54) is 12.8 Å². The quantitative estimate of drug-likeness (QED) is 0.653. The van der Waals surface area contributed by atoms with Crippen molar-refractivity contribution in [2.24, 2.45) is 0 Å². The normalized spacial score (nSPS) is 26.9. The number of carbonyl (C=O) groups excluding carboxylic acids is 1. The van der Waals surface area contributed by atoms with Gasteiger partial charge in [-0.15, -0.1) is 0 Å². The third-order valence-electron chi connectivity index (χ3n) is 3.03. The van der Waals surface area contributed by atoms with Gasteiger partial charge in [-0.1, -0.05) is 0 Å². The van der Waals surface area contributed by atoms with Crippen molar-refractivity contribution < 1.29 is 9.90 Å². The second kappa shape index (κ2) is 4.28. The lowest BCUT2D eigenvalue weighted by atomic mass is 10.2. The summed E-state index contributed by atoms with van der Waals surface area (Å²) in [4.78, 5) is 13.5. The first-order chi connectivity index (χ1) is 6.81. The molecule has 1 saturated heterocycles. The molecule has 1 aliphatic carbocycles. The third kappa shape index (κ3) is 2.25. The number of nitrogens with zero attached hydrogens (tertiary/aromatic N) is 1. The fourth-order valence-corrected chi connectivity index (χ4v) is 1.97. The van der Waals surface area contributed by atoms with Crippen LogP contribution < -0.4 is 5.32 Å². The Balaban J connectivity index is 1.76. The Morgan fingerprint density at radius 2 is 2.21 bits per heavy atom. The van der Waals surface area contributed by atoms with E-state index >= 15 is 0 Å². The second-order valence-electron chi connectivity index (χ2n) is 4.22. The molecule has 0 aromatic rings. The van der Waals surface area contributed by atoms with Gasteiger partial charge in [-0.3, -0.25) is 4.79 Å². The summed E-state index contributed by atoms with van der Waals surface area (Å²) in [5, 5.41) is 12.3. The van der Waals surface area contributed by atoms with Crippen LogP contribution in [0.1, 0.15) is 25.7 Å². The Labute approximate surface area is 84.3 Å². The molecule has 0 spiro atoms. The minimum Gasteiger partial charge on any atom is -0.394 e. The molecule has 2 rings (SSSR count). The summed E-state index contributed by atoms with van der Waals surface area (Å²) in [6.07, 6.45) is 4.39. The predicted molar refractivity (Wildman–Crippen MR) is 52.8 cm³/mol. The number of carbonyl (C=O) groups is 1. The molecule has 2 aliphatic rings. The molecule has 0 bridgehead atoms. The van der Waals surface area contributed by atoms with Gasteiger partial charge in [0.15, 0.2) is 0 Å². The number of amides is 1. The molecule has 1 saturated carbocycles. The van der Waals surface area contributed by atoms with Crippen molar-refractivity contribution in [3.05, 3.63) is 0 Å². The van der Waals surface area contributed by atoms with Crippen molar-refractivity contribution in [2.45, 2.75) is 37.8 Å². The molecule has 4 nitrogen and oxygen atoms in total. The maximum Gasteiger partial charge on any atom is 0.236 e. The lowest BCUT2D eigenvalue weighted by Crippen LogP contribution is -2.42. The van der Waals surface area contributed by atoms with E-state index in [4.69, 9.17) is 5.11 Å². The minimum atomic E-state index is 0.0727. The van der Waals surface area contributed by atoms with E-state index in [2.05, 4.69) is 5.32 Å². The fourth-order valence-electron chi connectivity index (χ4n) is 1.97. The van der Waals surface area contributed by atoms with Crippen LogP contribution in [0.25, 0.3) is 0 Å². The van der Waals surface area contributed by atoms with Gasteiger partial charge in [-0.05, 0) is 25.7 Å². The van der Waals surface area contributed by atoms with Crippen LogP contribution in [0.4, 0.5) is 0 Å². The molecule has 0 aromatic carbocycles. The molecule has 2 fully saturated rings. The number of hydrogen-bond donors (Lipinski definition) is 2. The van der Waals surface area contributed by atoms with Crippen LogP contribution in [0.5, 0.6) is 0 Å². The van der Waals surface area contributed by atoms with Crippen LogP contribution in [0.3, 0.4) is 0 Å². The molecule has 4 heteroatoms. The van der Waals surface area contributed by atoms with Crippen molar-refractivity contribution in [3.63, 3.8) is 0 Å². The number of aliphatic hydroxyl groups excluding tert-OH is 1. The van der Waals surface area contributed by atoms with E-state index in [9.17, 15) is 4.79 Å². The SMILES string of the molecule is O=C(CNC1CC1)N1CCC[C@H]1CO. The van der Waals surface area contributed by atoms with Crippen molar-refractivity contribution >= 4 is 5.91 Å². The number of likely N-dealkylation sites (tertiary alicyclic amines) is 1. The maximum atomic E-state index is 11.7. The Hall–Kier alpha value is -0.610. The zero-order valence-electron chi connectivity index (χ0n) is 8.41. The third-order valence-corrected chi connectivity index (χ3v) is 3.03. The van der Waals surface area contributed by atoms with Gasteiger partial charge in [0.2, 0.25) is 5.91 Å². The number of nitrogens with one attached hydrogen (secondary N) is 1. The van der Waals surface area contributed by atoms with Crippen LogP contribution in [0.2, 0.25) is 0 Å². The average molecular weight is 198 g/mol. The van der Waals surface area contributed by atoms with Gasteiger partial charge in [-0.2, -0.15) is 0 Å². The minimum absolute atomic E-state index is 0.0727. The van der Waals surface area contributed by atoms with E-state index in [1.54, 1.807) is 0 Å². The van der Waals surface area contributed by atoms with E-state index in [-0.39, 0.29) is 18.6 Å². The highest BCUT2D eigenvalue weighted by Gasteiger charge is 2.29. The van der Waals surface area contributed by atoms with Crippen molar-refractivity contribution in [1.82, 2.24) is 10.2 Å². The Morgan fingerprint density at radius 1 is 1.43 bits per heavy atom. The lowest BCUT2D eigenvalue weighted by Gasteiger charge is -2.23. The molecule has 1 aliphatic heterocycles. The molecule has 14 heavy (non-hydrogen) atoms. The van der Waals surface area contributed by atoms with Gasteiger partial charge in [-0.25, -0.2) is 0 Å². The maximum absolute atomic E-state index is 11.7.